The average molecular weight is 314 g/mol. The number of nitrogens with zero attached hydrogens (tertiary/aromatic N) is 4. The first-order chi connectivity index (χ1) is 10.8. The molecular formula is C16H18N4OS. The number of rotatable bonds is 3. The van der Waals surface area contributed by atoms with Gasteiger partial charge in [0.25, 0.3) is 0 Å². The van der Waals surface area contributed by atoms with E-state index in [0.717, 1.165) is 32.1 Å². The summed E-state index contributed by atoms with van der Waals surface area (Å²) in [6.45, 7) is 3.51. The predicted octanol–water partition coefficient (Wildman–Crippen LogP) is 2.60. The maximum atomic E-state index is 5.88. The van der Waals surface area contributed by atoms with Crippen molar-refractivity contribution in [1.82, 2.24) is 19.7 Å². The molecule has 6 heteroatoms. The fraction of sp³-hybridized carbons (Fsp3) is 0.375. The van der Waals surface area contributed by atoms with E-state index in [4.69, 9.17) is 4.74 Å². The Bertz CT molecular complexity index is 781. The van der Waals surface area contributed by atoms with Gasteiger partial charge in [0, 0.05) is 31.4 Å². The zero-order valence-electron chi connectivity index (χ0n) is 12.5. The molecule has 0 spiro atoms. The van der Waals surface area contributed by atoms with Gasteiger partial charge in [-0.15, -0.1) is 21.5 Å². The quantitative estimate of drug-likeness (QED) is 0.745. The van der Waals surface area contributed by atoms with Crippen molar-refractivity contribution in [2.24, 2.45) is 7.05 Å². The molecule has 1 fully saturated rings. The lowest BCUT2D eigenvalue weighted by atomic mass is 10.1. The van der Waals surface area contributed by atoms with Gasteiger partial charge in [0.1, 0.15) is 12.4 Å². The first-order valence-electron chi connectivity index (χ1n) is 7.44. The third-order valence-corrected chi connectivity index (χ3v) is 5.15. The smallest absolute Gasteiger partial charge is 0.163 e. The van der Waals surface area contributed by atoms with Crippen LogP contribution in [0.3, 0.4) is 0 Å². The molecule has 0 unspecified atom stereocenters. The highest BCUT2D eigenvalue weighted by molar-refractivity contribution is 7.17. The Hall–Kier alpha value is -1.76. The maximum Gasteiger partial charge on any atom is 0.163 e. The largest absolute Gasteiger partial charge is 0.368 e. The Balaban J connectivity index is 1.52. The van der Waals surface area contributed by atoms with Gasteiger partial charge in [-0.2, -0.15) is 0 Å². The summed E-state index contributed by atoms with van der Waals surface area (Å²) in [5, 5.41) is 11.8. The van der Waals surface area contributed by atoms with Gasteiger partial charge in [-0.05, 0) is 22.4 Å². The lowest BCUT2D eigenvalue weighted by molar-refractivity contribution is -0.0384. The highest BCUT2D eigenvalue weighted by atomic mass is 32.1. The van der Waals surface area contributed by atoms with E-state index in [1.807, 2.05) is 23.0 Å². The van der Waals surface area contributed by atoms with Gasteiger partial charge in [-0.1, -0.05) is 18.2 Å². The second kappa shape index (κ2) is 5.79. The summed E-state index contributed by atoms with van der Waals surface area (Å²) in [6, 6.07) is 8.61. The minimum atomic E-state index is 0.00569. The molecule has 0 saturated carbocycles. The molecule has 1 aromatic carbocycles. The molecule has 5 nitrogen and oxygen atoms in total. The van der Waals surface area contributed by atoms with E-state index in [1.165, 1.54) is 15.6 Å². The van der Waals surface area contributed by atoms with Crippen molar-refractivity contribution in [3.63, 3.8) is 0 Å². The highest BCUT2D eigenvalue weighted by Crippen LogP contribution is 2.28. The van der Waals surface area contributed by atoms with Crippen LogP contribution in [0.25, 0.3) is 10.1 Å². The molecule has 0 aliphatic carbocycles. The van der Waals surface area contributed by atoms with E-state index in [2.05, 4.69) is 44.7 Å². The van der Waals surface area contributed by atoms with Crippen LogP contribution in [0.15, 0.2) is 36.0 Å². The SMILES string of the molecule is Cn1cnnc1[C@@H]1CN(Cc2csc3ccccc23)CCO1. The van der Waals surface area contributed by atoms with Crippen LogP contribution >= 0.6 is 11.3 Å². The molecule has 0 bridgehead atoms. The van der Waals surface area contributed by atoms with Crippen molar-refractivity contribution in [3.05, 3.63) is 47.4 Å². The zero-order valence-corrected chi connectivity index (χ0v) is 13.3. The molecule has 1 saturated heterocycles. The van der Waals surface area contributed by atoms with Gasteiger partial charge in [0.05, 0.1) is 6.61 Å². The summed E-state index contributed by atoms with van der Waals surface area (Å²) < 4.78 is 9.17. The molecular weight excluding hydrogens is 296 g/mol. The molecule has 1 aliphatic rings. The summed E-state index contributed by atoms with van der Waals surface area (Å²) in [5.74, 6) is 0.903. The summed E-state index contributed by atoms with van der Waals surface area (Å²) in [5.41, 5.74) is 1.40. The lowest BCUT2D eigenvalue weighted by Crippen LogP contribution is -2.38. The Labute approximate surface area is 133 Å². The van der Waals surface area contributed by atoms with E-state index in [1.54, 1.807) is 6.33 Å². The fourth-order valence-corrected chi connectivity index (χ4v) is 3.94. The molecule has 4 rings (SSSR count). The molecule has 3 heterocycles. The van der Waals surface area contributed by atoms with E-state index < -0.39 is 0 Å². The van der Waals surface area contributed by atoms with E-state index >= 15 is 0 Å². The van der Waals surface area contributed by atoms with Crippen molar-refractivity contribution in [3.8, 4) is 0 Å². The van der Waals surface area contributed by atoms with Crippen molar-refractivity contribution in [2.45, 2.75) is 12.6 Å². The number of morpholine rings is 1. The first-order valence-corrected chi connectivity index (χ1v) is 8.32. The number of ether oxygens (including phenoxy) is 1. The van der Waals surface area contributed by atoms with Gasteiger partial charge in [-0.25, -0.2) is 0 Å². The second-order valence-corrected chi connectivity index (χ2v) is 6.56. The number of aryl methyl sites for hydroxylation is 1. The number of hydrogen-bond acceptors (Lipinski definition) is 5. The van der Waals surface area contributed by atoms with Crippen molar-refractivity contribution < 1.29 is 4.74 Å². The maximum absolute atomic E-state index is 5.88. The molecule has 0 radical (unpaired) electrons. The lowest BCUT2D eigenvalue weighted by Gasteiger charge is -2.32. The summed E-state index contributed by atoms with van der Waals surface area (Å²) >= 11 is 1.82. The van der Waals surface area contributed by atoms with Crippen LogP contribution in [0.4, 0.5) is 0 Å². The minimum Gasteiger partial charge on any atom is -0.368 e. The highest BCUT2D eigenvalue weighted by Gasteiger charge is 2.25. The molecule has 2 aromatic heterocycles. The minimum absolute atomic E-state index is 0.00569. The van der Waals surface area contributed by atoms with Crippen LogP contribution in [0, 0.1) is 0 Å². The van der Waals surface area contributed by atoms with Gasteiger partial charge < -0.3 is 9.30 Å². The van der Waals surface area contributed by atoms with Crippen molar-refractivity contribution in [2.75, 3.05) is 19.7 Å². The molecule has 1 atom stereocenters. The second-order valence-electron chi connectivity index (χ2n) is 5.65. The number of aromatic nitrogens is 3. The summed E-state index contributed by atoms with van der Waals surface area (Å²) in [7, 11) is 1.96. The fourth-order valence-electron chi connectivity index (χ4n) is 2.98. The van der Waals surface area contributed by atoms with Gasteiger partial charge in [0.15, 0.2) is 5.82 Å². The number of thiophene rings is 1. The van der Waals surface area contributed by atoms with Crippen molar-refractivity contribution in [1.29, 1.82) is 0 Å². The number of hydrogen-bond donors (Lipinski definition) is 0. The van der Waals surface area contributed by atoms with Crippen LogP contribution in [0.2, 0.25) is 0 Å². The molecule has 1 aliphatic heterocycles. The topological polar surface area (TPSA) is 43.2 Å². The van der Waals surface area contributed by atoms with Crippen LogP contribution in [-0.2, 0) is 18.3 Å². The molecule has 22 heavy (non-hydrogen) atoms. The monoisotopic (exact) mass is 314 g/mol. The Morgan fingerprint density at radius 3 is 3.14 bits per heavy atom. The van der Waals surface area contributed by atoms with Crippen LogP contribution < -0.4 is 0 Å². The normalized spacial score (nSPS) is 19.8. The summed E-state index contributed by atoms with van der Waals surface area (Å²) in [4.78, 5) is 2.44. The van der Waals surface area contributed by atoms with Gasteiger partial charge in [0.2, 0.25) is 0 Å². The van der Waals surface area contributed by atoms with Crippen molar-refractivity contribution >= 4 is 21.4 Å². The van der Waals surface area contributed by atoms with Gasteiger partial charge >= 0.3 is 0 Å². The molecule has 3 aromatic rings. The average Bonchev–Trinajstić information content (AvgIpc) is 3.15. The van der Waals surface area contributed by atoms with Crippen LogP contribution in [0.5, 0.6) is 0 Å². The Morgan fingerprint density at radius 1 is 1.36 bits per heavy atom. The molecule has 0 amide bonds. The van der Waals surface area contributed by atoms with Crippen LogP contribution in [0.1, 0.15) is 17.5 Å². The van der Waals surface area contributed by atoms with E-state index in [9.17, 15) is 0 Å². The molecule has 0 N–H and O–H groups in total. The van der Waals surface area contributed by atoms with E-state index in [0.29, 0.717) is 0 Å². The first kappa shape index (κ1) is 13.9. The number of benzene rings is 1. The predicted molar refractivity (Wildman–Crippen MR) is 86.8 cm³/mol. The number of fused-ring (bicyclic) bond motifs is 1. The van der Waals surface area contributed by atoms with Crippen LogP contribution in [-0.4, -0.2) is 39.4 Å². The van der Waals surface area contributed by atoms with Gasteiger partial charge in [-0.3, -0.25) is 4.90 Å². The zero-order chi connectivity index (χ0) is 14.9. The Kier molecular flexibility index (Phi) is 3.65. The summed E-state index contributed by atoms with van der Waals surface area (Å²) in [6.07, 6.45) is 1.73. The molecule has 114 valence electrons. The van der Waals surface area contributed by atoms with E-state index in [-0.39, 0.29) is 6.10 Å². The third kappa shape index (κ3) is 2.54. The standard InChI is InChI=1S/C16H18N4OS/c1-19-11-17-18-16(19)14-9-20(6-7-21-14)8-12-10-22-15-5-3-2-4-13(12)15/h2-5,10-11,14H,6-9H2,1H3/t14-/m0/s1. The Morgan fingerprint density at radius 2 is 2.27 bits per heavy atom. The third-order valence-electron chi connectivity index (χ3n) is 4.14.